The van der Waals surface area contributed by atoms with Gasteiger partial charge in [-0.3, -0.25) is 4.79 Å². The van der Waals surface area contributed by atoms with E-state index >= 15 is 0 Å². The summed E-state index contributed by atoms with van der Waals surface area (Å²) in [4.78, 5) is 19.8. The molecule has 0 saturated heterocycles. The zero-order valence-electron chi connectivity index (χ0n) is 7.78. The zero-order valence-corrected chi connectivity index (χ0v) is 10.1. The van der Waals surface area contributed by atoms with Gasteiger partial charge in [-0.05, 0) is 11.4 Å². The fourth-order valence-corrected chi connectivity index (χ4v) is 2.14. The summed E-state index contributed by atoms with van der Waals surface area (Å²) in [5.74, 6) is 0.0236. The molecule has 0 aliphatic heterocycles. The average Bonchev–Trinajstić information content (AvgIpc) is 2.68. The van der Waals surface area contributed by atoms with Crippen molar-refractivity contribution in [2.45, 2.75) is 0 Å². The Morgan fingerprint density at radius 1 is 1.31 bits per heavy atom. The highest BCUT2D eigenvalue weighted by molar-refractivity contribution is 7.12. The number of hydrogen-bond donors (Lipinski definition) is 1. The van der Waals surface area contributed by atoms with Gasteiger partial charge in [-0.25, -0.2) is 9.97 Å². The fourth-order valence-electron chi connectivity index (χ4n) is 1.01. The lowest BCUT2D eigenvalue weighted by atomic mass is 10.4. The number of aromatic nitrogens is 2. The first kappa shape index (κ1) is 11.3. The average molecular weight is 274 g/mol. The summed E-state index contributed by atoms with van der Waals surface area (Å²) >= 11 is 12.6. The van der Waals surface area contributed by atoms with E-state index in [1.165, 1.54) is 23.7 Å². The minimum absolute atomic E-state index is 0.271. The van der Waals surface area contributed by atoms with Crippen molar-refractivity contribution >= 4 is 46.3 Å². The van der Waals surface area contributed by atoms with Gasteiger partial charge in [0.05, 0.1) is 17.4 Å². The van der Waals surface area contributed by atoms with Crippen molar-refractivity contribution in [3.05, 3.63) is 38.9 Å². The largest absolute Gasteiger partial charge is 0.305 e. The molecule has 0 fully saturated rings. The van der Waals surface area contributed by atoms with Crippen molar-refractivity contribution in [3.8, 4) is 0 Å². The number of nitrogens with zero attached hydrogens (tertiary/aromatic N) is 2. The molecular weight excluding hydrogens is 269 g/mol. The molecule has 7 heteroatoms. The Morgan fingerprint density at radius 3 is 2.69 bits per heavy atom. The molecule has 0 spiro atoms. The predicted octanol–water partition coefficient (Wildman–Crippen LogP) is 3.10. The van der Waals surface area contributed by atoms with Crippen LogP contribution in [0.25, 0.3) is 0 Å². The van der Waals surface area contributed by atoms with Crippen LogP contribution in [-0.4, -0.2) is 15.9 Å². The molecule has 2 rings (SSSR count). The summed E-state index contributed by atoms with van der Waals surface area (Å²) in [7, 11) is 0. The number of halogens is 2. The highest BCUT2D eigenvalue weighted by Crippen LogP contribution is 2.22. The molecule has 0 aromatic carbocycles. The zero-order chi connectivity index (χ0) is 11.5. The molecule has 2 aromatic rings. The second-order valence-corrected chi connectivity index (χ2v) is 4.49. The van der Waals surface area contributed by atoms with Crippen molar-refractivity contribution in [2.24, 2.45) is 0 Å². The molecule has 0 bridgehead atoms. The number of carbonyl (C=O) groups excluding carboxylic acids is 1. The van der Waals surface area contributed by atoms with Gasteiger partial charge in [0, 0.05) is 0 Å². The number of hydrogen-bond acceptors (Lipinski definition) is 4. The molecule has 0 aliphatic carbocycles. The van der Waals surface area contributed by atoms with Gasteiger partial charge < -0.3 is 5.32 Å². The molecule has 4 nitrogen and oxygen atoms in total. The molecule has 0 atom stereocenters. The topological polar surface area (TPSA) is 54.9 Å². The van der Waals surface area contributed by atoms with Crippen LogP contribution in [0.2, 0.25) is 10.2 Å². The van der Waals surface area contributed by atoms with E-state index in [9.17, 15) is 4.79 Å². The number of nitrogens with one attached hydrogen (secondary N) is 1. The van der Waals surface area contributed by atoms with Gasteiger partial charge in [-0.2, -0.15) is 0 Å². The molecule has 0 saturated carbocycles. The molecule has 1 amide bonds. The normalized spacial score (nSPS) is 10.1. The third-order valence-electron chi connectivity index (χ3n) is 1.69. The monoisotopic (exact) mass is 273 g/mol. The molecular formula is C9H5Cl2N3OS. The van der Waals surface area contributed by atoms with E-state index in [2.05, 4.69) is 15.3 Å². The van der Waals surface area contributed by atoms with E-state index in [0.29, 0.717) is 15.7 Å². The summed E-state index contributed by atoms with van der Waals surface area (Å²) in [5, 5.41) is 5.00. The van der Waals surface area contributed by atoms with E-state index in [1.807, 2.05) is 0 Å². The van der Waals surface area contributed by atoms with Gasteiger partial charge >= 0.3 is 0 Å². The summed E-state index contributed by atoms with van der Waals surface area (Å²) in [5.41, 5.74) is 0. The SMILES string of the molecule is O=C(Nc1cnc(Cl)cn1)c1sccc1Cl. The van der Waals surface area contributed by atoms with Crippen LogP contribution in [0.15, 0.2) is 23.8 Å². The summed E-state index contributed by atoms with van der Waals surface area (Å²) in [6, 6.07) is 1.66. The van der Waals surface area contributed by atoms with E-state index in [-0.39, 0.29) is 11.1 Å². The maximum absolute atomic E-state index is 11.7. The number of thiophene rings is 1. The lowest BCUT2D eigenvalue weighted by Gasteiger charge is -2.01. The Kier molecular flexibility index (Phi) is 3.38. The van der Waals surface area contributed by atoms with Crippen LogP contribution in [0.3, 0.4) is 0 Å². The van der Waals surface area contributed by atoms with Crippen molar-refractivity contribution in [3.63, 3.8) is 0 Å². The minimum Gasteiger partial charge on any atom is -0.305 e. The Labute approximate surface area is 105 Å². The molecule has 2 heterocycles. The number of anilines is 1. The van der Waals surface area contributed by atoms with Crippen LogP contribution < -0.4 is 5.32 Å². The van der Waals surface area contributed by atoms with Crippen LogP contribution in [0, 0.1) is 0 Å². The van der Waals surface area contributed by atoms with Crippen LogP contribution >= 0.6 is 34.5 Å². The highest BCUT2D eigenvalue weighted by atomic mass is 35.5. The lowest BCUT2D eigenvalue weighted by Crippen LogP contribution is -2.11. The second kappa shape index (κ2) is 4.78. The van der Waals surface area contributed by atoms with Gasteiger partial charge in [0.2, 0.25) is 0 Å². The molecule has 0 aliphatic rings. The molecule has 16 heavy (non-hydrogen) atoms. The van der Waals surface area contributed by atoms with Crippen molar-refractivity contribution < 1.29 is 4.79 Å². The maximum atomic E-state index is 11.7. The van der Waals surface area contributed by atoms with Crippen LogP contribution in [0.5, 0.6) is 0 Å². The number of carbonyl (C=O) groups is 1. The van der Waals surface area contributed by atoms with Gasteiger partial charge in [0.15, 0.2) is 5.82 Å². The molecule has 82 valence electrons. The first-order valence-corrected chi connectivity index (χ1v) is 5.82. The lowest BCUT2D eigenvalue weighted by molar-refractivity contribution is 0.103. The second-order valence-electron chi connectivity index (χ2n) is 2.78. The fraction of sp³-hybridized carbons (Fsp3) is 0. The van der Waals surface area contributed by atoms with Gasteiger partial charge in [-0.1, -0.05) is 23.2 Å². The Hall–Kier alpha value is -1.17. The van der Waals surface area contributed by atoms with E-state index in [0.717, 1.165) is 0 Å². The van der Waals surface area contributed by atoms with Crippen molar-refractivity contribution in [1.29, 1.82) is 0 Å². The van der Waals surface area contributed by atoms with Crippen molar-refractivity contribution in [1.82, 2.24) is 9.97 Å². The molecule has 1 N–H and O–H groups in total. The standard InChI is InChI=1S/C9H5Cl2N3OS/c10-5-1-2-16-8(5)9(15)14-7-4-12-6(11)3-13-7/h1-4H,(H,13,14,15). The third kappa shape index (κ3) is 2.49. The summed E-state index contributed by atoms with van der Waals surface area (Å²) < 4.78 is 0. The Bertz CT molecular complexity index is 512. The third-order valence-corrected chi connectivity index (χ3v) is 3.22. The summed E-state index contributed by atoms with van der Waals surface area (Å²) in [6.07, 6.45) is 2.73. The smallest absolute Gasteiger partial charge is 0.268 e. The van der Waals surface area contributed by atoms with Gasteiger partial charge in [0.25, 0.3) is 5.91 Å². The summed E-state index contributed by atoms with van der Waals surface area (Å²) in [6.45, 7) is 0. The van der Waals surface area contributed by atoms with Crippen LogP contribution in [-0.2, 0) is 0 Å². The van der Waals surface area contributed by atoms with E-state index in [4.69, 9.17) is 23.2 Å². The van der Waals surface area contributed by atoms with Gasteiger partial charge in [0.1, 0.15) is 10.0 Å². The molecule has 0 radical (unpaired) electrons. The maximum Gasteiger partial charge on any atom is 0.268 e. The first-order valence-electron chi connectivity index (χ1n) is 4.18. The predicted molar refractivity (Wildman–Crippen MR) is 64.3 cm³/mol. The first-order chi connectivity index (χ1) is 7.66. The van der Waals surface area contributed by atoms with Gasteiger partial charge in [-0.15, -0.1) is 11.3 Å². The number of rotatable bonds is 2. The highest BCUT2D eigenvalue weighted by Gasteiger charge is 2.12. The van der Waals surface area contributed by atoms with E-state index < -0.39 is 0 Å². The molecule has 2 aromatic heterocycles. The minimum atomic E-state index is -0.309. The van der Waals surface area contributed by atoms with Crippen LogP contribution in [0.1, 0.15) is 9.67 Å². The number of amides is 1. The quantitative estimate of drug-likeness (QED) is 0.915. The van der Waals surface area contributed by atoms with E-state index in [1.54, 1.807) is 11.4 Å². The Morgan fingerprint density at radius 2 is 2.12 bits per heavy atom. The Balaban J connectivity index is 2.14. The molecule has 0 unspecified atom stereocenters. The van der Waals surface area contributed by atoms with Crippen LogP contribution in [0.4, 0.5) is 5.82 Å². The van der Waals surface area contributed by atoms with Crippen molar-refractivity contribution in [2.75, 3.05) is 5.32 Å².